The first kappa shape index (κ1) is 13.9. The number of carboxylic acid groups (broad SMARTS) is 1. The average molecular weight is 304 g/mol. The zero-order valence-electron chi connectivity index (χ0n) is 11.7. The topological polar surface area (TPSA) is 59.3 Å². The molecule has 0 saturated heterocycles. The Bertz CT molecular complexity index is 823. The number of carbonyl (C=O) groups is 1. The maximum Gasteiger partial charge on any atom is 0.341 e. The third-order valence-corrected chi connectivity index (χ3v) is 4.29. The van der Waals surface area contributed by atoms with Gasteiger partial charge in [-0.05, 0) is 41.7 Å². The van der Waals surface area contributed by atoms with Crippen LogP contribution >= 0.6 is 11.6 Å². The minimum Gasteiger partial charge on any atom is -0.477 e. The molecule has 0 bridgehead atoms. The van der Waals surface area contributed by atoms with Crippen LogP contribution in [0, 0.1) is 0 Å². The second-order valence-electron chi connectivity index (χ2n) is 5.44. The van der Waals surface area contributed by atoms with Gasteiger partial charge in [0.2, 0.25) is 0 Å². The van der Waals surface area contributed by atoms with Gasteiger partial charge in [0.25, 0.3) is 5.56 Å². The van der Waals surface area contributed by atoms with E-state index >= 15 is 0 Å². The molecule has 1 aliphatic rings. The summed E-state index contributed by atoms with van der Waals surface area (Å²) in [6, 6.07) is 7.14. The van der Waals surface area contributed by atoms with Crippen LogP contribution in [-0.4, -0.2) is 15.6 Å². The lowest BCUT2D eigenvalue weighted by Gasteiger charge is -2.27. The van der Waals surface area contributed by atoms with Crippen LogP contribution < -0.4 is 5.56 Å². The molecule has 0 aliphatic heterocycles. The second kappa shape index (κ2) is 4.74. The van der Waals surface area contributed by atoms with E-state index in [2.05, 4.69) is 0 Å². The highest BCUT2D eigenvalue weighted by Gasteiger charge is 2.27. The van der Waals surface area contributed by atoms with Crippen molar-refractivity contribution < 1.29 is 9.90 Å². The van der Waals surface area contributed by atoms with E-state index in [0.717, 1.165) is 28.8 Å². The lowest BCUT2D eigenvalue weighted by Crippen LogP contribution is -2.28. The monoisotopic (exact) mass is 303 g/mol. The summed E-state index contributed by atoms with van der Waals surface area (Å²) in [5.74, 6) is -1.04. The molecule has 1 aliphatic carbocycles. The van der Waals surface area contributed by atoms with Crippen LogP contribution in [0.25, 0.3) is 11.3 Å². The summed E-state index contributed by atoms with van der Waals surface area (Å²) < 4.78 is 1.42. The predicted molar refractivity (Wildman–Crippen MR) is 81.2 cm³/mol. The van der Waals surface area contributed by atoms with Gasteiger partial charge in [0.15, 0.2) is 0 Å². The quantitative estimate of drug-likeness (QED) is 0.881. The van der Waals surface area contributed by atoms with Crippen molar-refractivity contribution in [1.29, 1.82) is 0 Å². The maximum absolute atomic E-state index is 12.2. The van der Waals surface area contributed by atoms with E-state index in [9.17, 15) is 14.7 Å². The second-order valence-corrected chi connectivity index (χ2v) is 5.87. The number of rotatable bonds is 1. The zero-order chi connectivity index (χ0) is 15.3. The predicted octanol–water partition coefficient (Wildman–Crippen LogP) is 3.06. The molecule has 0 radical (unpaired) electrons. The largest absolute Gasteiger partial charge is 0.477 e. The van der Waals surface area contributed by atoms with Crippen molar-refractivity contribution in [3.8, 4) is 11.3 Å². The first-order valence-electron chi connectivity index (χ1n) is 6.66. The van der Waals surface area contributed by atoms with Crippen LogP contribution in [0.5, 0.6) is 0 Å². The zero-order valence-corrected chi connectivity index (χ0v) is 12.4. The van der Waals surface area contributed by atoms with Gasteiger partial charge < -0.3 is 9.67 Å². The fraction of sp³-hybridized carbons (Fsp3) is 0.250. The molecular formula is C16H14ClNO3. The number of pyridine rings is 1. The van der Waals surface area contributed by atoms with Gasteiger partial charge in [-0.15, -0.1) is 0 Å². The summed E-state index contributed by atoms with van der Waals surface area (Å²) in [6.45, 7) is 2.03. The Morgan fingerprint density at radius 3 is 2.76 bits per heavy atom. The van der Waals surface area contributed by atoms with Crippen molar-refractivity contribution in [2.24, 2.45) is 7.05 Å². The minimum absolute atomic E-state index is 0.151. The van der Waals surface area contributed by atoms with Gasteiger partial charge in [-0.2, -0.15) is 0 Å². The van der Waals surface area contributed by atoms with Gasteiger partial charge >= 0.3 is 5.97 Å². The molecule has 1 unspecified atom stereocenters. The first-order valence-corrected chi connectivity index (χ1v) is 7.04. The fourth-order valence-corrected chi connectivity index (χ4v) is 3.19. The summed E-state index contributed by atoms with van der Waals surface area (Å²) in [7, 11) is 1.61. The average Bonchev–Trinajstić information content (AvgIpc) is 2.42. The number of carboxylic acids is 1. The molecule has 0 amide bonds. The maximum atomic E-state index is 12.2. The standard InChI is InChI=1S/C16H14ClNO3/c1-8-5-9-3-4-10(17)6-12(9)14-11(8)7-13(16(20)21)15(19)18(14)2/h3-4,6-8H,5H2,1-2H3,(H,20,21). The molecule has 0 saturated carbocycles. The number of halogens is 1. The lowest BCUT2D eigenvalue weighted by atomic mass is 9.81. The smallest absolute Gasteiger partial charge is 0.341 e. The highest BCUT2D eigenvalue weighted by atomic mass is 35.5. The van der Waals surface area contributed by atoms with Crippen LogP contribution in [0.15, 0.2) is 29.1 Å². The molecule has 21 heavy (non-hydrogen) atoms. The molecule has 3 rings (SSSR count). The molecular weight excluding hydrogens is 290 g/mol. The van der Waals surface area contributed by atoms with E-state index in [1.54, 1.807) is 7.05 Å². The van der Waals surface area contributed by atoms with Crippen LogP contribution in [-0.2, 0) is 13.5 Å². The molecule has 1 aromatic heterocycles. The van der Waals surface area contributed by atoms with Crippen molar-refractivity contribution in [2.75, 3.05) is 0 Å². The lowest BCUT2D eigenvalue weighted by molar-refractivity contribution is 0.0694. The fourth-order valence-electron chi connectivity index (χ4n) is 3.01. The molecule has 1 N–H and O–H groups in total. The number of benzene rings is 1. The summed E-state index contributed by atoms with van der Waals surface area (Å²) >= 11 is 6.07. The van der Waals surface area contributed by atoms with E-state index in [0.29, 0.717) is 5.02 Å². The van der Waals surface area contributed by atoms with Crippen LogP contribution in [0.2, 0.25) is 5.02 Å². The van der Waals surface area contributed by atoms with Gasteiger partial charge in [-0.3, -0.25) is 4.79 Å². The molecule has 2 aromatic rings. The third-order valence-electron chi connectivity index (χ3n) is 4.06. The molecule has 1 aromatic carbocycles. The van der Waals surface area contributed by atoms with E-state index in [1.807, 2.05) is 25.1 Å². The molecule has 4 nitrogen and oxygen atoms in total. The van der Waals surface area contributed by atoms with Gasteiger partial charge in [0.05, 0.1) is 5.69 Å². The van der Waals surface area contributed by atoms with Crippen molar-refractivity contribution >= 4 is 17.6 Å². The van der Waals surface area contributed by atoms with Gasteiger partial charge in [0, 0.05) is 17.6 Å². The van der Waals surface area contributed by atoms with Gasteiger partial charge in [0.1, 0.15) is 5.56 Å². The summed E-state index contributed by atoms with van der Waals surface area (Å²) in [6.07, 6.45) is 0.802. The molecule has 1 atom stereocenters. The van der Waals surface area contributed by atoms with E-state index in [-0.39, 0.29) is 11.5 Å². The van der Waals surface area contributed by atoms with Gasteiger partial charge in [-0.25, -0.2) is 4.79 Å². The molecule has 0 fully saturated rings. The van der Waals surface area contributed by atoms with Crippen LogP contribution in [0.3, 0.4) is 0 Å². The number of nitrogens with zero attached hydrogens (tertiary/aromatic N) is 1. The van der Waals surface area contributed by atoms with Crippen molar-refractivity contribution in [2.45, 2.75) is 19.3 Å². The Balaban J connectivity index is 2.40. The van der Waals surface area contributed by atoms with E-state index in [1.165, 1.54) is 10.6 Å². The Kier molecular flexibility index (Phi) is 3.14. The number of fused-ring (bicyclic) bond motifs is 3. The number of aromatic carboxylic acids is 1. The van der Waals surface area contributed by atoms with Crippen LogP contribution in [0.4, 0.5) is 0 Å². The first-order chi connectivity index (χ1) is 9.90. The Morgan fingerprint density at radius 1 is 1.38 bits per heavy atom. The van der Waals surface area contributed by atoms with Crippen molar-refractivity contribution in [3.63, 3.8) is 0 Å². The molecule has 5 heteroatoms. The summed E-state index contributed by atoms with van der Waals surface area (Å²) in [5, 5.41) is 9.78. The summed E-state index contributed by atoms with van der Waals surface area (Å²) in [4.78, 5) is 23.5. The van der Waals surface area contributed by atoms with Crippen molar-refractivity contribution in [1.82, 2.24) is 4.57 Å². The highest BCUT2D eigenvalue weighted by Crippen LogP contribution is 2.39. The Morgan fingerprint density at radius 2 is 2.10 bits per heavy atom. The third kappa shape index (κ3) is 2.07. The van der Waals surface area contributed by atoms with E-state index in [4.69, 9.17) is 11.6 Å². The Labute approximate surface area is 126 Å². The number of hydrogen-bond donors (Lipinski definition) is 1. The van der Waals surface area contributed by atoms with E-state index < -0.39 is 11.5 Å². The van der Waals surface area contributed by atoms with Gasteiger partial charge in [-0.1, -0.05) is 24.6 Å². The molecule has 1 heterocycles. The Hall–Kier alpha value is -2.07. The summed E-state index contributed by atoms with van der Waals surface area (Å²) in [5.41, 5.74) is 2.99. The number of hydrogen-bond acceptors (Lipinski definition) is 2. The normalized spacial score (nSPS) is 16.2. The minimum atomic E-state index is -1.19. The van der Waals surface area contributed by atoms with Crippen LogP contribution in [0.1, 0.15) is 34.3 Å². The highest BCUT2D eigenvalue weighted by molar-refractivity contribution is 6.30. The SMILES string of the molecule is CC1Cc2ccc(Cl)cc2-c2c1cc(C(=O)O)c(=O)n2C. The van der Waals surface area contributed by atoms with Crippen molar-refractivity contribution in [3.05, 3.63) is 56.3 Å². The molecule has 0 spiro atoms. The molecule has 108 valence electrons. The number of aromatic nitrogens is 1.